The average Bonchev–Trinajstić information content (AvgIpc) is 2.16. The first-order chi connectivity index (χ1) is 7.00. The maximum Gasteiger partial charge on any atom is 0.130 e. The fraction of sp³-hybridized carbons (Fsp3) is 0.462. The minimum absolute atomic E-state index is 0.254. The standard InChI is InChI=1S/C13H19NO/c1-10-5-8-13(14(3)4)9-12(10)7-6-11(2)15/h5,8-9H,6-7H2,1-4H3. The first kappa shape index (κ1) is 11.8. The van der Waals surface area contributed by atoms with Crippen LogP contribution in [0.5, 0.6) is 0 Å². The molecule has 0 heterocycles. The molecule has 0 aliphatic rings. The molecule has 1 aromatic rings. The van der Waals surface area contributed by atoms with Crippen molar-refractivity contribution in [3.05, 3.63) is 29.3 Å². The molecule has 15 heavy (non-hydrogen) atoms. The molecule has 0 saturated heterocycles. The fourth-order valence-corrected chi connectivity index (χ4v) is 1.52. The first-order valence-corrected chi connectivity index (χ1v) is 5.27. The van der Waals surface area contributed by atoms with Crippen molar-refractivity contribution >= 4 is 11.5 Å². The van der Waals surface area contributed by atoms with Crippen LogP contribution in [0.15, 0.2) is 18.2 Å². The lowest BCUT2D eigenvalue weighted by molar-refractivity contribution is -0.116. The van der Waals surface area contributed by atoms with Crippen LogP contribution in [0.25, 0.3) is 0 Å². The number of ketones is 1. The highest BCUT2D eigenvalue weighted by atomic mass is 16.1. The van der Waals surface area contributed by atoms with Gasteiger partial charge in [0.05, 0.1) is 0 Å². The van der Waals surface area contributed by atoms with Crippen molar-refractivity contribution in [1.29, 1.82) is 0 Å². The molecule has 0 spiro atoms. The normalized spacial score (nSPS) is 10.1. The minimum Gasteiger partial charge on any atom is -0.378 e. The molecule has 2 heteroatoms. The van der Waals surface area contributed by atoms with Gasteiger partial charge in [0.1, 0.15) is 5.78 Å². The summed E-state index contributed by atoms with van der Waals surface area (Å²) in [4.78, 5) is 13.0. The summed E-state index contributed by atoms with van der Waals surface area (Å²) >= 11 is 0. The smallest absolute Gasteiger partial charge is 0.130 e. The van der Waals surface area contributed by atoms with E-state index in [0.717, 1.165) is 6.42 Å². The maximum atomic E-state index is 10.9. The molecule has 0 atom stereocenters. The summed E-state index contributed by atoms with van der Waals surface area (Å²) < 4.78 is 0. The second-order valence-electron chi connectivity index (χ2n) is 4.21. The van der Waals surface area contributed by atoms with Crippen LogP contribution in [0.1, 0.15) is 24.5 Å². The van der Waals surface area contributed by atoms with E-state index in [1.807, 2.05) is 14.1 Å². The topological polar surface area (TPSA) is 20.3 Å². The molecule has 82 valence electrons. The van der Waals surface area contributed by atoms with Crippen LogP contribution in [0.3, 0.4) is 0 Å². The van der Waals surface area contributed by atoms with E-state index in [0.29, 0.717) is 6.42 Å². The van der Waals surface area contributed by atoms with Crippen molar-refractivity contribution in [1.82, 2.24) is 0 Å². The quantitative estimate of drug-likeness (QED) is 0.753. The molecule has 0 N–H and O–H groups in total. The minimum atomic E-state index is 0.254. The lowest BCUT2D eigenvalue weighted by Crippen LogP contribution is -2.09. The summed E-state index contributed by atoms with van der Waals surface area (Å²) in [6, 6.07) is 6.38. The zero-order valence-corrected chi connectivity index (χ0v) is 10.0. The second kappa shape index (κ2) is 4.96. The molecular weight excluding hydrogens is 186 g/mol. The van der Waals surface area contributed by atoms with Gasteiger partial charge in [-0.25, -0.2) is 0 Å². The van der Waals surface area contributed by atoms with Crippen molar-refractivity contribution in [2.75, 3.05) is 19.0 Å². The highest BCUT2D eigenvalue weighted by molar-refractivity contribution is 5.75. The summed E-state index contributed by atoms with van der Waals surface area (Å²) in [5, 5.41) is 0. The zero-order valence-electron chi connectivity index (χ0n) is 10.0. The summed E-state index contributed by atoms with van der Waals surface area (Å²) in [6.07, 6.45) is 1.49. The maximum absolute atomic E-state index is 10.9. The van der Waals surface area contributed by atoms with Gasteiger partial charge < -0.3 is 9.69 Å². The molecule has 0 aliphatic heterocycles. The summed E-state index contributed by atoms with van der Waals surface area (Å²) in [5.41, 5.74) is 3.73. The summed E-state index contributed by atoms with van der Waals surface area (Å²) in [5.74, 6) is 0.254. The first-order valence-electron chi connectivity index (χ1n) is 5.27. The average molecular weight is 205 g/mol. The van der Waals surface area contributed by atoms with Gasteiger partial charge in [0, 0.05) is 26.2 Å². The van der Waals surface area contributed by atoms with Crippen molar-refractivity contribution < 1.29 is 4.79 Å². The van der Waals surface area contributed by atoms with Crippen LogP contribution in [0.4, 0.5) is 5.69 Å². The van der Waals surface area contributed by atoms with Crippen LogP contribution in [0.2, 0.25) is 0 Å². The van der Waals surface area contributed by atoms with Gasteiger partial charge in [-0.1, -0.05) is 6.07 Å². The number of carbonyl (C=O) groups is 1. The van der Waals surface area contributed by atoms with Gasteiger partial charge in [-0.15, -0.1) is 0 Å². The molecule has 0 aliphatic carbocycles. The van der Waals surface area contributed by atoms with Crippen LogP contribution in [-0.4, -0.2) is 19.9 Å². The predicted molar refractivity (Wildman–Crippen MR) is 64.5 cm³/mol. The van der Waals surface area contributed by atoms with Gasteiger partial charge >= 0.3 is 0 Å². The van der Waals surface area contributed by atoms with E-state index >= 15 is 0 Å². The van der Waals surface area contributed by atoms with E-state index in [2.05, 4.69) is 30.0 Å². The molecule has 0 radical (unpaired) electrons. The molecule has 0 bridgehead atoms. The Hall–Kier alpha value is -1.31. The fourth-order valence-electron chi connectivity index (χ4n) is 1.52. The molecule has 0 saturated carbocycles. The Labute approximate surface area is 91.9 Å². The van der Waals surface area contributed by atoms with E-state index < -0.39 is 0 Å². The van der Waals surface area contributed by atoms with Crippen molar-refractivity contribution in [2.45, 2.75) is 26.7 Å². The Balaban J connectivity index is 2.85. The number of hydrogen-bond acceptors (Lipinski definition) is 2. The molecule has 0 aromatic heterocycles. The van der Waals surface area contributed by atoms with E-state index in [9.17, 15) is 4.79 Å². The Kier molecular flexibility index (Phi) is 3.89. The lowest BCUT2D eigenvalue weighted by Gasteiger charge is -2.15. The Morgan fingerprint density at radius 2 is 2.00 bits per heavy atom. The molecular formula is C13H19NO. The number of carbonyl (C=O) groups excluding carboxylic acids is 1. The van der Waals surface area contributed by atoms with Crippen LogP contribution in [0, 0.1) is 6.92 Å². The molecule has 0 amide bonds. The van der Waals surface area contributed by atoms with Gasteiger partial charge in [-0.05, 0) is 43.5 Å². The SMILES string of the molecule is CC(=O)CCc1cc(N(C)C)ccc1C. The van der Waals surface area contributed by atoms with Crippen molar-refractivity contribution in [2.24, 2.45) is 0 Å². The van der Waals surface area contributed by atoms with E-state index in [1.54, 1.807) is 6.92 Å². The van der Waals surface area contributed by atoms with E-state index in [4.69, 9.17) is 0 Å². The van der Waals surface area contributed by atoms with E-state index in [-0.39, 0.29) is 5.78 Å². The highest BCUT2D eigenvalue weighted by Gasteiger charge is 2.03. The third-order valence-corrected chi connectivity index (χ3v) is 2.60. The van der Waals surface area contributed by atoms with E-state index in [1.165, 1.54) is 16.8 Å². The largest absolute Gasteiger partial charge is 0.378 e. The van der Waals surface area contributed by atoms with Gasteiger partial charge in [0.25, 0.3) is 0 Å². The molecule has 0 fully saturated rings. The number of aryl methyl sites for hydroxylation is 2. The van der Waals surface area contributed by atoms with Crippen LogP contribution >= 0.6 is 0 Å². The number of rotatable bonds is 4. The van der Waals surface area contributed by atoms with Gasteiger partial charge in [0.2, 0.25) is 0 Å². The van der Waals surface area contributed by atoms with Crippen LogP contribution in [-0.2, 0) is 11.2 Å². The Morgan fingerprint density at radius 3 is 2.53 bits per heavy atom. The molecule has 0 unspecified atom stereocenters. The second-order valence-corrected chi connectivity index (χ2v) is 4.21. The van der Waals surface area contributed by atoms with Gasteiger partial charge in [-0.3, -0.25) is 0 Å². The van der Waals surface area contributed by atoms with Gasteiger partial charge in [-0.2, -0.15) is 0 Å². The lowest BCUT2D eigenvalue weighted by atomic mass is 10.0. The number of hydrogen-bond donors (Lipinski definition) is 0. The summed E-state index contributed by atoms with van der Waals surface area (Å²) in [7, 11) is 4.05. The van der Waals surface area contributed by atoms with Crippen molar-refractivity contribution in [3.8, 4) is 0 Å². The summed E-state index contributed by atoms with van der Waals surface area (Å²) in [6.45, 7) is 3.74. The molecule has 1 aromatic carbocycles. The highest BCUT2D eigenvalue weighted by Crippen LogP contribution is 2.18. The monoisotopic (exact) mass is 205 g/mol. The molecule has 1 rings (SSSR count). The number of Topliss-reactive ketones (excluding diaryl/α,β-unsaturated/α-hetero) is 1. The Bertz CT molecular complexity index is 356. The Morgan fingerprint density at radius 1 is 1.33 bits per heavy atom. The number of anilines is 1. The van der Waals surface area contributed by atoms with Gasteiger partial charge in [0.15, 0.2) is 0 Å². The molecule has 2 nitrogen and oxygen atoms in total. The van der Waals surface area contributed by atoms with Crippen LogP contribution < -0.4 is 4.90 Å². The predicted octanol–water partition coefficient (Wildman–Crippen LogP) is 2.58. The number of benzene rings is 1. The zero-order chi connectivity index (χ0) is 11.4. The van der Waals surface area contributed by atoms with Crippen molar-refractivity contribution in [3.63, 3.8) is 0 Å². The number of nitrogens with zero attached hydrogens (tertiary/aromatic N) is 1. The third kappa shape index (κ3) is 3.39. The third-order valence-electron chi connectivity index (χ3n) is 2.60.